The zero-order chi connectivity index (χ0) is 17.1. The monoisotopic (exact) mass is 316 g/mol. The number of esters is 1. The highest BCUT2D eigenvalue weighted by atomic mass is 16.6. The lowest BCUT2D eigenvalue weighted by Crippen LogP contribution is -2.46. The van der Waals surface area contributed by atoms with Gasteiger partial charge >= 0.3 is 18.2 Å². The molecular weight excluding hydrogens is 292 g/mol. The summed E-state index contributed by atoms with van der Waals surface area (Å²) in [5, 5.41) is 4.80. The van der Waals surface area contributed by atoms with Crippen LogP contribution < -0.4 is 10.6 Å². The van der Waals surface area contributed by atoms with Gasteiger partial charge in [0.05, 0.1) is 6.61 Å². The summed E-state index contributed by atoms with van der Waals surface area (Å²) in [7, 11) is 0. The van der Waals surface area contributed by atoms with E-state index in [-0.39, 0.29) is 12.2 Å². The Bertz CT molecular complexity index is 410. The lowest BCUT2D eigenvalue weighted by molar-refractivity contribution is -0.145. The first-order valence-corrected chi connectivity index (χ1v) is 6.99. The summed E-state index contributed by atoms with van der Waals surface area (Å²) in [5.41, 5.74) is 0.264. The van der Waals surface area contributed by atoms with E-state index >= 15 is 0 Å². The summed E-state index contributed by atoms with van der Waals surface area (Å²) in [6.07, 6.45) is -1.93. The average Bonchev–Trinajstić information content (AvgIpc) is 2.42. The molecule has 2 unspecified atom stereocenters. The Morgan fingerprint density at radius 3 is 2.14 bits per heavy atom. The molecule has 0 rings (SSSR count). The van der Waals surface area contributed by atoms with Crippen molar-refractivity contribution in [1.29, 1.82) is 0 Å². The zero-order valence-corrected chi connectivity index (χ0v) is 13.4. The molecule has 0 spiro atoms. The maximum Gasteiger partial charge on any atom is 0.408 e. The molecule has 0 aliphatic heterocycles. The topological polar surface area (TPSA) is 103 Å². The van der Waals surface area contributed by atoms with E-state index in [1.54, 1.807) is 13.8 Å². The third kappa shape index (κ3) is 9.62. The zero-order valence-electron chi connectivity index (χ0n) is 13.4. The van der Waals surface area contributed by atoms with Crippen molar-refractivity contribution < 1.29 is 28.6 Å². The van der Waals surface area contributed by atoms with Crippen LogP contribution in [0.15, 0.2) is 12.2 Å². The van der Waals surface area contributed by atoms with E-state index in [0.717, 1.165) is 0 Å². The molecule has 8 heteroatoms. The molecule has 2 atom stereocenters. The summed E-state index contributed by atoms with van der Waals surface area (Å²) in [4.78, 5) is 34.0. The van der Waals surface area contributed by atoms with Crippen LogP contribution in [0.5, 0.6) is 0 Å². The second kappa shape index (κ2) is 10.5. The third-order valence-corrected chi connectivity index (χ3v) is 2.21. The molecule has 2 N–H and O–H groups in total. The van der Waals surface area contributed by atoms with Crippen molar-refractivity contribution in [2.75, 3.05) is 13.2 Å². The number of rotatable bonds is 8. The van der Waals surface area contributed by atoms with E-state index < -0.39 is 30.4 Å². The van der Waals surface area contributed by atoms with E-state index in [1.807, 2.05) is 6.92 Å². The highest BCUT2D eigenvalue weighted by Gasteiger charge is 2.15. The molecule has 126 valence electrons. The van der Waals surface area contributed by atoms with E-state index in [1.165, 1.54) is 6.92 Å². The number of amides is 2. The Hall–Kier alpha value is -2.25. The van der Waals surface area contributed by atoms with Gasteiger partial charge in [-0.2, -0.15) is 0 Å². The van der Waals surface area contributed by atoms with Crippen molar-refractivity contribution in [3.05, 3.63) is 12.2 Å². The second-order valence-electron chi connectivity index (χ2n) is 4.74. The van der Waals surface area contributed by atoms with Crippen LogP contribution in [0.3, 0.4) is 0 Å². The van der Waals surface area contributed by atoms with Gasteiger partial charge in [-0.15, -0.1) is 0 Å². The van der Waals surface area contributed by atoms with Gasteiger partial charge in [0, 0.05) is 5.57 Å². The van der Waals surface area contributed by atoms with Crippen molar-refractivity contribution in [3.63, 3.8) is 0 Å². The lowest BCUT2D eigenvalue weighted by Gasteiger charge is -2.17. The highest BCUT2D eigenvalue weighted by molar-refractivity contribution is 5.87. The molecule has 8 nitrogen and oxygen atoms in total. The molecule has 0 bridgehead atoms. The molecule has 0 radical (unpaired) electrons. The molecule has 0 aromatic heterocycles. The molecule has 0 heterocycles. The minimum absolute atomic E-state index is 0.113. The Morgan fingerprint density at radius 1 is 1.09 bits per heavy atom. The van der Waals surface area contributed by atoms with Crippen molar-refractivity contribution in [3.8, 4) is 0 Å². The first-order chi connectivity index (χ1) is 10.3. The van der Waals surface area contributed by atoms with E-state index in [0.29, 0.717) is 13.0 Å². The summed E-state index contributed by atoms with van der Waals surface area (Å²) in [6.45, 7) is 10.2. The fourth-order valence-corrected chi connectivity index (χ4v) is 1.18. The van der Waals surface area contributed by atoms with Gasteiger partial charge in [0.1, 0.15) is 18.9 Å². The number of hydrogen-bond donors (Lipinski definition) is 2. The van der Waals surface area contributed by atoms with E-state index in [9.17, 15) is 14.4 Å². The molecule has 0 saturated heterocycles. The van der Waals surface area contributed by atoms with Gasteiger partial charge in [0.2, 0.25) is 0 Å². The number of alkyl carbamates (subject to hydrolysis) is 2. The SMILES string of the molecule is C=C(C)C(=O)OC(C)COC(=O)NC(C)NC(=O)OCCC. The first kappa shape index (κ1) is 19.8. The van der Waals surface area contributed by atoms with Crippen LogP contribution in [-0.4, -0.2) is 43.6 Å². The van der Waals surface area contributed by atoms with Gasteiger partial charge in [-0.1, -0.05) is 13.5 Å². The molecule has 0 aromatic carbocycles. The molecule has 0 saturated carbocycles. The molecule has 0 aliphatic carbocycles. The predicted molar refractivity (Wildman–Crippen MR) is 79.1 cm³/mol. The van der Waals surface area contributed by atoms with Gasteiger partial charge in [-0.05, 0) is 27.2 Å². The smallest absolute Gasteiger partial charge is 0.408 e. The van der Waals surface area contributed by atoms with Gasteiger partial charge in [-0.3, -0.25) is 0 Å². The lowest BCUT2D eigenvalue weighted by atomic mass is 10.3. The van der Waals surface area contributed by atoms with Crippen molar-refractivity contribution in [2.45, 2.75) is 46.4 Å². The normalized spacial score (nSPS) is 12.5. The summed E-state index contributed by atoms with van der Waals surface area (Å²) < 4.78 is 14.6. The molecule has 22 heavy (non-hydrogen) atoms. The largest absolute Gasteiger partial charge is 0.456 e. The van der Waals surface area contributed by atoms with Crippen LogP contribution in [0.4, 0.5) is 9.59 Å². The second-order valence-corrected chi connectivity index (χ2v) is 4.74. The van der Waals surface area contributed by atoms with Crippen LogP contribution in [0.25, 0.3) is 0 Å². The number of hydrogen-bond acceptors (Lipinski definition) is 6. The molecule has 2 amide bonds. The number of ether oxygens (including phenoxy) is 3. The van der Waals surface area contributed by atoms with Gasteiger partial charge in [0.25, 0.3) is 0 Å². The minimum atomic E-state index is -0.749. The van der Waals surface area contributed by atoms with Crippen LogP contribution in [-0.2, 0) is 19.0 Å². The summed E-state index contributed by atoms with van der Waals surface area (Å²) >= 11 is 0. The molecule has 0 fully saturated rings. The Balaban J connectivity index is 3.95. The Labute approximate surface area is 130 Å². The maximum absolute atomic E-state index is 11.5. The van der Waals surface area contributed by atoms with Crippen molar-refractivity contribution in [2.24, 2.45) is 0 Å². The van der Waals surface area contributed by atoms with Crippen LogP contribution >= 0.6 is 0 Å². The standard InChI is InChI=1S/C14H24N2O6/c1-6-7-20-13(18)15-11(5)16-14(19)21-8-10(4)22-12(17)9(2)3/h10-11H,2,6-8H2,1,3-5H3,(H,15,18)(H,16,19). The van der Waals surface area contributed by atoms with Crippen LogP contribution in [0.1, 0.15) is 34.1 Å². The van der Waals surface area contributed by atoms with Crippen molar-refractivity contribution in [1.82, 2.24) is 10.6 Å². The first-order valence-electron chi connectivity index (χ1n) is 6.99. The van der Waals surface area contributed by atoms with Crippen LogP contribution in [0, 0.1) is 0 Å². The highest BCUT2D eigenvalue weighted by Crippen LogP contribution is 1.99. The quantitative estimate of drug-likeness (QED) is 0.306. The van der Waals surface area contributed by atoms with Gasteiger partial charge in [-0.25, -0.2) is 14.4 Å². The number of carbonyl (C=O) groups is 3. The Morgan fingerprint density at radius 2 is 1.64 bits per heavy atom. The average molecular weight is 316 g/mol. The predicted octanol–water partition coefficient (Wildman–Crippen LogP) is 1.70. The molecular formula is C14H24N2O6. The minimum Gasteiger partial charge on any atom is -0.456 e. The van der Waals surface area contributed by atoms with Crippen LogP contribution in [0.2, 0.25) is 0 Å². The molecule has 0 aromatic rings. The summed E-state index contributed by atoms with van der Waals surface area (Å²) in [6, 6.07) is 0. The third-order valence-electron chi connectivity index (χ3n) is 2.21. The van der Waals surface area contributed by atoms with Gasteiger partial charge in [0.15, 0.2) is 0 Å². The maximum atomic E-state index is 11.5. The number of nitrogens with one attached hydrogen (secondary N) is 2. The van der Waals surface area contributed by atoms with Crippen molar-refractivity contribution >= 4 is 18.2 Å². The van der Waals surface area contributed by atoms with E-state index in [4.69, 9.17) is 14.2 Å². The fraction of sp³-hybridized carbons (Fsp3) is 0.643. The fourth-order valence-electron chi connectivity index (χ4n) is 1.18. The van der Waals surface area contributed by atoms with Gasteiger partial charge < -0.3 is 24.8 Å². The number of carbonyl (C=O) groups excluding carboxylic acids is 3. The summed E-state index contributed by atoms with van der Waals surface area (Å²) in [5.74, 6) is -0.551. The van der Waals surface area contributed by atoms with E-state index in [2.05, 4.69) is 17.2 Å². The Kier molecular flexibility index (Phi) is 9.40. The molecule has 0 aliphatic rings.